The highest BCUT2D eigenvalue weighted by molar-refractivity contribution is 5.97. The molecule has 1 saturated heterocycles. The summed E-state index contributed by atoms with van der Waals surface area (Å²) in [5.74, 6) is 0.0901. The SMILES string of the molecule is Cn1c(=O)[nH]c2ncc(-c3cccc(C(=O)N4CCN(CC(=O)N5CCc6ccccc65)CC4)c3)cc21. The molecule has 2 aliphatic heterocycles. The van der Waals surface area contributed by atoms with Gasteiger partial charge in [0.15, 0.2) is 5.65 Å². The topological polar surface area (TPSA) is 94.5 Å². The molecule has 37 heavy (non-hydrogen) atoms. The van der Waals surface area contributed by atoms with Crippen LogP contribution < -0.4 is 10.6 Å². The highest BCUT2D eigenvalue weighted by atomic mass is 16.2. The first kappa shape index (κ1) is 23.2. The highest BCUT2D eigenvalue weighted by Crippen LogP contribution is 2.28. The third kappa shape index (κ3) is 4.31. The molecule has 0 bridgehead atoms. The Morgan fingerprint density at radius 1 is 0.946 bits per heavy atom. The number of hydrogen-bond acceptors (Lipinski definition) is 5. The van der Waals surface area contributed by atoms with E-state index >= 15 is 0 Å². The van der Waals surface area contributed by atoms with E-state index in [1.54, 1.807) is 13.2 Å². The number of H-pyrrole nitrogens is 1. The minimum Gasteiger partial charge on any atom is -0.336 e. The van der Waals surface area contributed by atoms with Gasteiger partial charge < -0.3 is 9.80 Å². The Morgan fingerprint density at radius 2 is 1.76 bits per heavy atom. The third-order valence-electron chi connectivity index (χ3n) is 7.41. The number of hydrogen-bond donors (Lipinski definition) is 1. The maximum atomic E-state index is 13.3. The lowest BCUT2D eigenvalue weighted by atomic mass is 10.0. The zero-order valence-corrected chi connectivity index (χ0v) is 20.7. The van der Waals surface area contributed by atoms with Crippen molar-refractivity contribution in [1.29, 1.82) is 0 Å². The fourth-order valence-electron chi connectivity index (χ4n) is 5.25. The van der Waals surface area contributed by atoms with Crippen LogP contribution in [0.2, 0.25) is 0 Å². The number of carbonyl (C=O) groups excluding carboxylic acids is 2. The molecular formula is C28H28N6O3. The molecule has 9 nitrogen and oxygen atoms in total. The Morgan fingerprint density at radius 3 is 2.59 bits per heavy atom. The molecule has 0 saturated carbocycles. The Bertz CT molecular complexity index is 1560. The summed E-state index contributed by atoms with van der Waals surface area (Å²) in [4.78, 5) is 51.1. The van der Waals surface area contributed by atoms with Crippen molar-refractivity contribution in [2.45, 2.75) is 6.42 Å². The van der Waals surface area contributed by atoms with Crippen LogP contribution in [0.1, 0.15) is 15.9 Å². The average Bonchev–Trinajstić information content (AvgIpc) is 3.49. The van der Waals surface area contributed by atoms with Crippen molar-refractivity contribution in [3.05, 3.63) is 82.4 Å². The van der Waals surface area contributed by atoms with Gasteiger partial charge in [-0.3, -0.25) is 24.0 Å². The maximum Gasteiger partial charge on any atom is 0.327 e. The van der Waals surface area contributed by atoms with Gasteiger partial charge in [0.25, 0.3) is 5.91 Å². The minimum atomic E-state index is -0.213. The zero-order valence-electron chi connectivity index (χ0n) is 20.7. The largest absolute Gasteiger partial charge is 0.336 e. The molecule has 4 heterocycles. The van der Waals surface area contributed by atoms with E-state index in [9.17, 15) is 14.4 Å². The predicted octanol–water partition coefficient (Wildman–Crippen LogP) is 2.28. The van der Waals surface area contributed by atoms with Crippen molar-refractivity contribution in [3.63, 3.8) is 0 Å². The van der Waals surface area contributed by atoms with Gasteiger partial charge in [0.1, 0.15) is 0 Å². The first-order valence-electron chi connectivity index (χ1n) is 12.5. The standard InChI is InChI=1S/C28H28N6O3/c1-31-24-16-22(17-29-26(24)30-28(31)37)20-6-4-7-21(15-20)27(36)33-13-11-32(12-14-33)18-25(35)34-10-9-19-5-2-3-8-23(19)34/h2-8,15-17H,9-14,18H2,1H3,(H,29,30,37). The number of aromatic amines is 1. The fraction of sp³-hybridized carbons (Fsp3) is 0.286. The minimum absolute atomic E-state index is 0.0237. The van der Waals surface area contributed by atoms with E-state index in [2.05, 4.69) is 20.9 Å². The third-order valence-corrected chi connectivity index (χ3v) is 7.41. The fourth-order valence-corrected chi connectivity index (χ4v) is 5.25. The molecular weight excluding hydrogens is 468 g/mol. The number of para-hydroxylation sites is 1. The summed E-state index contributed by atoms with van der Waals surface area (Å²) in [7, 11) is 1.70. The van der Waals surface area contributed by atoms with E-state index in [1.165, 1.54) is 10.1 Å². The van der Waals surface area contributed by atoms with Crippen LogP contribution in [0.25, 0.3) is 22.3 Å². The van der Waals surface area contributed by atoms with Crippen molar-refractivity contribution in [2.75, 3.05) is 44.2 Å². The predicted molar refractivity (Wildman–Crippen MR) is 142 cm³/mol. The molecule has 0 aliphatic carbocycles. The molecule has 0 atom stereocenters. The Hall–Kier alpha value is -4.24. The van der Waals surface area contributed by atoms with Gasteiger partial charge in [0.2, 0.25) is 5.91 Å². The molecule has 6 rings (SSSR count). The van der Waals surface area contributed by atoms with E-state index in [0.29, 0.717) is 49.5 Å². The molecule has 188 valence electrons. The number of aryl methyl sites for hydroxylation is 1. The van der Waals surface area contributed by atoms with Gasteiger partial charge in [-0.05, 0) is 41.8 Å². The van der Waals surface area contributed by atoms with Crippen molar-refractivity contribution in [3.8, 4) is 11.1 Å². The van der Waals surface area contributed by atoms with Crippen LogP contribution in [0, 0.1) is 0 Å². The van der Waals surface area contributed by atoms with Crippen LogP contribution in [0.15, 0.2) is 65.6 Å². The zero-order chi connectivity index (χ0) is 25.5. The summed E-state index contributed by atoms with van der Waals surface area (Å²) in [6.07, 6.45) is 2.60. The molecule has 1 N–H and O–H groups in total. The van der Waals surface area contributed by atoms with E-state index < -0.39 is 0 Å². The molecule has 0 spiro atoms. The number of nitrogens with zero attached hydrogens (tertiary/aromatic N) is 5. The van der Waals surface area contributed by atoms with Crippen molar-refractivity contribution in [1.82, 2.24) is 24.3 Å². The van der Waals surface area contributed by atoms with Crippen LogP contribution in [-0.2, 0) is 18.3 Å². The number of imidazole rings is 1. The van der Waals surface area contributed by atoms with E-state index in [1.807, 2.05) is 58.3 Å². The maximum absolute atomic E-state index is 13.3. The summed E-state index contributed by atoms with van der Waals surface area (Å²) in [6, 6.07) is 17.5. The van der Waals surface area contributed by atoms with E-state index in [-0.39, 0.29) is 17.5 Å². The number of aromatic nitrogens is 3. The molecule has 0 radical (unpaired) electrons. The molecule has 2 amide bonds. The summed E-state index contributed by atoms with van der Waals surface area (Å²) >= 11 is 0. The van der Waals surface area contributed by atoms with Crippen LogP contribution in [0.3, 0.4) is 0 Å². The number of fused-ring (bicyclic) bond motifs is 2. The van der Waals surface area contributed by atoms with Gasteiger partial charge in [-0.15, -0.1) is 0 Å². The number of pyridine rings is 1. The monoisotopic (exact) mass is 496 g/mol. The van der Waals surface area contributed by atoms with Gasteiger partial charge in [-0.2, -0.15) is 0 Å². The Kier molecular flexibility index (Phi) is 5.84. The number of benzene rings is 2. The molecule has 1 fully saturated rings. The number of carbonyl (C=O) groups is 2. The second-order valence-corrected chi connectivity index (χ2v) is 9.65. The average molecular weight is 497 g/mol. The van der Waals surface area contributed by atoms with Crippen LogP contribution in [0.4, 0.5) is 5.69 Å². The van der Waals surface area contributed by atoms with Crippen LogP contribution in [0.5, 0.6) is 0 Å². The van der Waals surface area contributed by atoms with Gasteiger partial charge in [-0.1, -0.05) is 30.3 Å². The van der Waals surface area contributed by atoms with Gasteiger partial charge in [-0.25, -0.2) is 9.78 Å². The number of nitrogens with one attached hydrogen (secondary N) is 1. The molecule has 9 heteroatoms. The lowest BCUT2D eigenvalue weighted by Crippen LogP contribution is -2.51. The summed E-state index contributed by atoms with van der Waals surface area (Å²) in [6.45, 7) is 3.57. The van der Waals surface area contributed by atoms with Crippen molar-refractivity contribution < 1.29 is 9.59 Å². The van der Waals surface area contributed by atoms with Gasteiger partial charge >= 0.3 is 5.69 Å². The van der Waals surface area contributed by atoms with Crippen molar-refractivity contribution in [2.24, 2.45) is 7.05 Å². The summed E-state index contributed by atoms with van der Waals surface area (Å²) < 4.78 is 1.52. The molecule has 0 unspecified atom stereocenters. The first-order chi connectivity index (χ1) is 18.0. The summed E-state index contributed by atoms with van der Waals surface area (Å²) in [5.41, 5.74) is 5.59. The quantitative estimate of drug-likeness (QED) is 0.468. The van der Waals surface area contributed by atoms with Crippen molar-refractivity contribution >= 4 is 28.7 Å². The Balaban J connectivity index is 1.10. The molecule has 2 aromatic heterocycles. The van der Waals surface area contributed by atoms with Crippen LogP contribution >= 0.6 is 0 Å². The lowest BCUT2D eigenvalue weighted by Gasteiger charge is -2.35. The number of rotatable bonds is 4. The summed E-state index contributed by atoms with van der Waals surface area (Å²) in [5, 5.41) is 0. The number of piperazine rings is 1. The van der Waals surface area contributed by atoms with Gasteiger partial charge in [0, 0.05) is 62.8 Å². The second-order valence-electron chi connectivity index (χ2n) is 9.65. The number of anilines is 1. The second kappa shape index (κ2) is 9.33. The lowest BCUT2D eigenvalue weighted by molar-refractivity contribution is -0.120. The normalized spacial score (nSPS) is 15.8. The molecule has 2 aromatic carbocycles. The number of amides is 2. The highest BCUT2D eigenvalue weighted by Gasteiger charge is 2.28. The van der Waals surface area contributed by atoms with Gasteiger partial charge in [0.05, 0.1) is 12.1 Å². The Labute approximate surface area is 213 Å². The smallest absolute Gasteiger partial charge is 0.327 e. The van der Waals surface area contributed by atoms with Crippen LogP contribution in [-0.4, -0.2) is 75.4 Å². The first-order valence-corrected chi connectivity index (χ1v) is 12.5. The van der Waals surface area contributed by atoms with E-state index in [4.69, 9.17) is 0 Å². The van der Waals surface area contributed by atoms with E-state index in [0.717, 1.165) is 29.8 Å². The molecule has 2 aliphatic rings. The molecule has 4 aromatic rings.